The molecule has 0 spiro atoms. The van der Waals surface area contributed by atoms with Crippen LogP contribution in [0.15, 0.2) is 30.3 Å². The van der Waals surface area contributed by atoms with E-state index >= 15 is 0 Å². The fourth-order valence-corrected chi connectivity index (χ4v) is 2.72. The molecule has 0 saturated heterocycles. The topological polar surface area (TPSA) is 32.3 Å². The van der Waals surface area contributed by atoms with Crippen molar-refractivity contribution < 1.29 is 9.50 Å². The van der Waals surface area contributed by atoms with Gasteiger partial charge in [-0.1, -0.05) is 17.7 Å². The summed E-state index contributed by atoms with van der Waals surface area (Å²) in [7, 11) is 0. The standard InChI is InChI=1S/C13H13ClFNOS/c1-8(11-4-2-9(17)6-12(11)15)16-7-10-3-5-13(14)18-10/h2-6,8,16-17H,7H2,1H3. The third-order valence-corrected chi connectivity index (χ3v) is 3.89. The molecule has 0 aliphatic carbocycles. The Morgan fingerprint density at radius 3 is 2.78 bits per heavy atom. The number of benzene rings is 1. The Labute approximate surface area is 114 Å². The third kappa shape index (κ3) is 3.22. The van der Waals surface area contributed by atoms with Crippen molar-refractivity contribution >= 4 is 22.9 Å². The van der Waals surface area contributed by atoms with Gasteiger partial charge in [-0.2, -0.15) is 0 Å². The van der Waals surface area contributed by atoms with Crippen LogP contribution in [0.5, 0.6) is 5.75 Å². The highest BCUT2D eigenvalue weighted by molar-refractivity contribution is 7.16. The molecule has 2 N–H and O–H groups in total. The first kappa shape index (κ1) is 13.3. The average molecular weight is 286 g/mol. The Hall–Kier alpha value is -1.10. The highest BCUT2D eigenvalue weighted by atomic mass is 35.5. The number of rotatable bonds is 4. The quantitative estimate of drug-likeness (QED) is 0.886. The molecule has 1 unspecified atom stereocenters. The Bertz CT molecular complexity index is 544. The van der Waals surface area contributed by atoms with Crippen molar-refractivity contribution in [2.24, 2.45) is 0 Å². The summed E-state index contributed by atoms with van der Waals surface area (Å²) in [5.74, 6) is -0.465. The largest absolute Gasteiger partial charge is 0.508 e. The second kappa shape index (κ2) is 5.69. The summed E-state index contributed by atoms with van der Waals surface area (Å²) in [6.07, 6.45) is 0. The van der Waals surface area contributed by atoms with E-state index in [1.165, 1.54) is 17.4 Å². The van der Waals surface area contributed by atoms with Crippen molar-refractivity contribution in [1.29, 1.82) is 0 Å². The molecule has 2 rings (SSSR count). The molecule has 0 radical (unpaired) electrons. The van der Waals surface area contributed by atoms with Crippen LogP contribution in [0.25, 0.3) is 0 Å². The maximum Gasteiger partial charge on any atom is 0.131 e. The van der Waals surface area contributed by atoms with Crippen LogP contribution in [0, 0.1) is 5.82 Å². The highest BCUT2D eigenvalue weighted by Gasteiger charge is 2.11. The fourth-order valence-electron chi connectivity index (χ4n) is 1.68. The maximum atomic E-state index is 13.6. The molecule has 0 fully saturated rings. The molecule has 1 aromatic heterocycles. The Kier molecular flexibility index (Phi) is 4.22. The van der Waals surface area contributed by atoms with Crippen molar-refractivity contribution in [2.45, 2.75) is 19.5 Å². The number of phenolic OH excluding ortho intramolecular Hbond substituents is 1. The molecular formula is C13H13ClFNOS. The number of hydrogen-bond donors (Lipinski definition) is 2. The van der Waals surface area contributed by atoms with E-state index in [-0.39, 0.29) is 11.8 Å². The molecule has 0 bridgehead atoms. The summed E-state index contributed by atoms with van der Waals surface area (Å²) in [5.41, 5.74) is 0.537. The molecule has 1 heterocycles. The summed E-state index contributed by atoms with van der Waals surface area (Å²) < 4.78 is 14.4. The molecule has 2 aromatic rings. The van der Waals surface area contributed by atoms with Crippen LogP contribution in [-0.4, -0.2) is 5.11 Å². The Morgan fingerprint density at radius 1 is 1.39 bits per heavy atom. The summed E-state index contributed by atoms with van der Waals surface area (Å²) >= 11 is 7.34. The van der Waals surface area contributed by atoms with E-state index in [1.54, 1.807) is 6.07 Å². The van der Waals surface area contributed by atoms with E-state index in [1.807, 2.05) is 19.1 Å². The van der Waals surface area contributed by atoms with Gasteiger partial charge in [-0.05, 0) is 25.1 Å². The maximum absolute atomic E-state index is 13.6. The first-order valence-corrected chi connectivity index (χ1v) is 6.71. The van der Waals surface area contributed by atoms with E-state index in [0.29, 0.717) is 12.1 Å². The van der Waals surface area contributed by atoms with Gasteiger partial charge in [-0.25, -0.2) is 4.39 Å². The van der Waals surface area contributed by atoms with Crippen LogP contribution >= 0.6 is 22.9 Å². The minimum Gasteiger partial charge on any atom is -0.508 e. The third-order valence-electron chi connectivity index (χ3n) is 2.66. The summed E-state index contributed by atoms with van der Waals surface area (Å²) in [6, 6.07) is 7.85. The zero-order valence-corrected chi connectivity index (χ0v) is 11.4. The smallest absolute Gasteiger partial charge is 0.131 e. The number of halogens is 2. The minimum absolute atomic E-state index is 0.0616. The van der Waals surface area contributed by atoms with Gasteiger partial charge in [0.1, 0.15) is 11.6 Å². The zero-order chi connectivity index (χ0) is 13.1. The highest BCUT2D eigenvalue weighted by Crippen LogP contribution is 2.24. The van der Waals surface area contributed by atoms with Crippen LogP contribution in [0.4, 0.5) is 4.39 Å². The lowest BCUT2D eigenvalue weighted by Crippen LogP contribution is -2.18. The normalized spacial score (nSPS) is 12.6. The lowest BCUT2D eigenvalue weighted by molar-refractivity contribution is 0.463. The van der Waals surface area contributed by atoms with Gasteiger partial charge in [-0.3, -0.25) is 0 Å². The molecule has 0 aliphatic rings. The predicted octanol–water partition coefficient (Wildman–Crippen LogP) is 4.10. The van der Waals surface area contributed by atoms with Crippen molar-refractivity contribution in [1.82, 2.24) is 5.32 Å². The number of hydrogen-bond acceptors (Lipinski definition) is 3. The number of phenols is 1. The van der Waals surface area contributed by atoms with Crippen LogP contribution in [-0.2, 0) is 6.54 Å². The first-order chi connectivity index (χ1) is 8.56. The van der Waals surface area contributed by atoms with Crippen LogP contribution in [0.3, 0.4) is 0 Å². The summed E-state index contributed by atoms with van der Waals surface area (Å²) in [4.78, 5) is 1.10. The molecule has 1 atom stereocenters. The molecule has 0 aliphatic heterocycles. The summed E-state index contributed by atoms with van der Waals surface area (Å²) in [5, 5.41) is 12.4. The minimum atomic E-state index is -0.404. The molecule has 96 valence electrons. The SMILES string of the molecule is CC(NCc1ccc(Cl)s1)c1ccc(O)cc1F. The Morgan fingerprint density at radius 2 is 2.17 bits per heavy atom. The van der Waals surface area contributed by atoms with Gasteiger partial charge >= 0.3 is 0 Å². The van der Waals surface area contributed by atoms with Crippen molar-refractivity contribution in [3.63, 3.8) is 0 Å². The second-order valence-corrected chi connectivity index (χ2v) is 5.81. The van der Waals surface area contributed by atoms with Gasteiger partial charge in [0.2, 0.25) is 0 Å². The Balaban J connectivity index is 2.01. The van der Waals surface area contributed by atoms with Crippen LogP contribution in [0.2, 0.25) is 4.34 Å². The van der Waals surface area contributed by atoms with Gasteiger partial charge in [0.05, 0.1) is 4.34 Å². The summed E-state index contributed by atoms with van der Waals surface area (Å²) in [6.45, 7) is 2.52. The molecule has 18 heavy (non-hydrogen) atoms. The number of thiophene rings is 1. The number of nitrogens with one attached hydrogen (secondary N) is 1. The molecule has 0 saturated carbocycles. The fraction of sp³-hybridized carbons (Fsp3) is 0.231. The van der Waals surface area contributed by atoms with E-state index in [9.17, 15) is 4.39 Å². The molecule has 1 aromatic carbocycles. The monoisotopic (exact) mass is 285 g/mol. The molecule has 2 nitrogen and oxygen atoms in total. The van der Waals surface area contributed by atoms with E-state index in [2.05, 4.69) is 5.32 Å². The van der Waals surface area contributed by atoms with Crippen LogP contribution in [0.1, 0.15) is 23.4 Å². The molecular weight excluding hydrogens is 273 g/mol. The lowest BCUT2D eigenvalue weighted by Gasteiger charge is -2.14. The van der Waals surface area contributed by atoms with E-state index in [0.717, 1.165) is 15.3 Å². The number of aromatic hydroxyl groups is 1. The van der Waals surface area contributed by atoms with E-state index in [4.69, 9.17) is 16.7 Å². The van der Waals surface area contributed by atoms with Gasteiger partial charge in [0.25, 0.3) is 0 Å². The van der Waals surface area contributed by atoms with Gasteiger partial charge in [0, 0.05) is 29.1 Å². The average Bonchev–Trinajstić information content (AvgIpc) is 2.72. The van der Waals surface area contributed by atoms with Crippen LogP contribution < -0.4 is 5.32 Å². The second-order valence-electron chi connectivity index (χ2n) is 4.01. The van der Waals surface area contributed by atoms with Crippen molar-refractivity contribution in [3.05, 3.63) is 50.9 Å². The van der Waals surface area contributed by atoms with Crippen molar-refractivity contribution in [3.8, 4) is 5.75 Å². The zero-order valence-electron chi connectivity index (χ0n) is 9.78. The first-order valence-electron chi connectivity index (χ1n) is 5.52. The van der Waals surface area contributed by atoms with Crippen molar-refractivity contribution in [2.75, 3.05) is 0 Å². The van der Waals surface area contributed by atoms with E-state index < -0.39 is 5.82 Å². The molecule has 5 heteroatoms. The van der Waals surface area contributed by atoms with Gasteiger partial charge in [-0.15, -0.1) is 11.3 Å². The van der Waals surface area contributed by atoms with Gasteiger partial charge in [0.15, 0.2) is 0 Å². The molecule has 0 amide bonds. The lowest BCUT2D eigenvalue weighted by atomic mass is 10.1. The predicted molar refractivity (Wildman–Crippen MR) is 72.6 cm³/mol. The van der Waals surface area contributed by atoms with Gasteiger partial charge < -0.3 is 10.4 Å².